The maximum atomic E-state index is 13.1. The molecule has 0 aliphatic carbocycles. The number of halogens is 3. The highest BCUT2D eigenvalue weighted by molar-refractivity contribution is 5.77. The van der Waals surface area contributed by atoms with Crippen molar-refractivity contribution in [3.8, 4) is 0 Å². The topological polar surface area (TPSA) is 58.4 Å². The lowest BCUT2D eigenvalue weighted by Gasteiger charge is -2.45. The van der Waals surface area contributed by atoms with Gasteiger partial charge in [0.1, 0.15) is 6.04 Å². The van der Waals surface area contributed by atoms with Gasteiger partial charge in [-0.15, -0.1) is 0 Å². The van der Waals surface area contributed by atoms with Crippen LogP contribution in [0.5, 0.6) is 0 Å². The van der Waals surface area contributed by atoms with E-state index in [0.29, 0.717) is 32.4 Å². The summed E-state index contributed by atoms with van der Waals surface area (Å²) in [6.07, 6.45) is -2.67. The summed E-state index contributed by atoms with van der Waals surface area (Å²) in [6, 6.07) is -2.51. The summed E-state index contributed by atoms with van der Waals surface area (Å²) >= 11 is 0. The number of nitrogens with zero attached hydrogens (tertiary/aromatic N) is 1. The van der Waals surface area contributed by atoms with Crippen molar-refractivity contribution in [1.29, 1.82) is 0 Å². The number of alkyl halides is 3. The molecule has 4 atom stereocenters. The van der Waals surface area contributed by atoms with E-state index in [4.69, 9.17) is 5.73 Å². The molecule has 0 radical (unpaired) electrons. The third kappa shape index (κ3) is 3.20. The Balaban J connectivity index is 2.05. The van der Waals surface area contributed by atoms with Gasteiger partial charge in [0, 0.05) is 31.6 Å². The smallest absolute Gasteiger partial charge is 0.353 e. The van der Waals surface area contributed by atoms with Gasteiger partial charge in [-0.2, -0.15) is 13.2 Å². The molecule has 2 saturated heterocycles. The number of nitrogens with one attached hydrogen (secondary N) is 1. The molecule has 2 aliphatic heterocycles. The monoisotopic (exact) mass is 279 g/mol. The molecule has 0 aromatic carbocycles. The van der Waals surface area contributed by atoms with Crippen LogP contribution >= 0.6 is 0 Å². The molecule has 4 nitrogen and oxygen atoms in total. The van der Waals surface area contributed by atoms with E-state index >= 15 is 0 Å². The fraction of sp³-hybridized carbons (Fsp3) is 0.917. The molecule has 110 valence electrons. The third-order valence-corrected chi connectivity index (χ3v) is 4.08. The van der Waals surface area contributed by atoms with Crippen LogP contribution < -0.4 is 11.1 Å². The van der Waals surface area contributed by atoms with Crippen LogP contribution in [0.3, 0.4) is 0 Å². The fourth-order valence-corrected chi connectivity index (χ4v) is 3.23. The van der Waals surface area contributed by atoms with Gasteiger partial charge in [0.15, 0.2) is 0 Å². The summed E-state index contributed by atoms with van der Waals surface area (Å²) in [7, 11) is 0. The average Bonchev–Trinajstić information content (AvgIpc) is 2.27. The first-order valence-electron chi connectivity index (χ1n) is 6.64. The molecule has 1 amide bonds. The summed E-state index contributed by atoms with van der Waals surface area (Å²) in [5, 5.41) is 2.87. The Morgan fingerprint density at radius 3 is 2.68 bits per heavy atom. The number of likely N-dealkylation sites (tertiary alicyclic amines) is 1. The third-order valence-electron chi connectivity index (χ3n) is 4.08. The van der Waals surface area contributed by atoms with Gasteiger partial charge in [0.25, 0.3) is 0 Å². The van der Waals surface area contributed by atoms with Crippen molar-refractivity contribution in [2.24, 2.45) is 11.7 Å². The second-order valence-corrected chi connectivity index (χ2v) is 5.60. The van der Waals surface area contributed by atoms with Crippen LogP contribution in [-0.4, -0.2) is 48.2 Å². The highest BCUT2D eigenvalue weighted by Crippen LogP contribution is 2.32. The van der Waals surface area contributed by atoms with Gasteiger partial charge in [-0.3, -0.25) is 9.69 Å². The lowest BCUT2D eigenvalue weighted by atomic mass is 9.84. The minimum Gasteiger partial charge on any atom is -0.353 e. The van der Waals surface area contributed by atoms with E-state index in [-0.39, 0.29) is 17.9 Å². The quantitative estimate of drug-likeness (QED) is 0.788. The first-order chi connectivity index (χ1) is 8.79. The lowest BCUT2D eigenvalue weighted by molar-refractivity contribution is -0.194. The average molecular weight is 279 g/mol. The van der Waals surface area contributed by atoms with E-state index in [1.54, 1.807) is 0 Å². The largest absolute Gasteiger partial charge is 0.405 e. The Morgan fingerprint density at radius 1 is 1.42 bits per heavy atom. The maximum absolute atomic E-state index is 13.1. The predicted octanol–water partition coefficient (Wildman–Crippen LogP) is 0.865. The van der Waals surface area contributed by atoms with E-state index in [1.165, 1.54) is 11.8 Å². The zero-order valence-electron chi connectivity index (χ0n) is 10.9. The van der Waals surface area contributed by atoms with Crippen LogP contribution in [0.2, 0.25) is 0 Å². The van der Waals surface area contributed by atoms with Crippen LogP contribution in [0.4, 0.5) is 13.2 Å². The number of rotatable bonds is 2. The molecule has 0 saturated carbocycles. The molecule has 2 rings (SSSR count). The summed E-state index contributed by atoms with van der Waals surface area (Å²) in [4.78, 5) is 12.7. The van der Waals surface area contributed by atoms with Crippen LogP contribution in [0.1, 0.15) is 26.2 Å². The van der Waals surface area contributed by atoms with Crippen molar-refractivity contribution in [3.05, 3.63) is 0 Å². The summed E-state index contributed by atoms with van der Waals surface area (Å²) in [5.74, 6) is 0.115. The minimum atomic E-state index is -4.31. The summed E-state index contributed by atoms with van der Waals surface area (Å²) < 4.78 is 39.2. The summed E-state index contributed by atoms with van der Waals surface area (Å²) in [5.41, 5.74) is 5.51. The first kappa shape index (κ1) is 14.6. The highest BCUT2D eigenvalue weighted by Gasteiger charge is 2.48. The Bertz CT molecular complexity index is 346. The molecular weight excluding hydrogens is 259 g/mol. The molecule has 0 bridgehead atoms. The number of hydrogen-bond acceptors (Lipinski definition) is 3. The van der Waals surface area contributed by atoms with E-state index in [1.807, 2.05) is 0 Å². The maximum Gasteiger partial charge on any atom is 0.405 e. The SMILES string of the molecule is CC(N)C(N1CCC2NC(=O)CCC2C1)C(F)(F)F. The predicted molar refractivity (Wildman–Crippen MR) is 64.3 cm³/mol. The van der Waals surface area contributed by atoms with E-state index in [2.05, 4.69) is 5.32 Å². The molecule has 2 heterocycles. The zero-order chi connectivity index (χ0) is 14.2. The molecule has 0 aromatic heterocycles. The molecule has 7 heteroatoms. The molecule has 4 unspecified atom stereocenters. The number of fused-ring (bicyclic) bond motifs is 1. The zero-order valence-corrected chi connectivity index (χ0v) is 10.9. The molecule has 19 heavy (non-hydrogen) atoms. The second-order valence-electron chi connectivity index (χ2n) is 5.60. The van der Waals surface area contributed by atoms with Crippen LogP contribution in [0.25, 0.3) is 0 Å². The Morgan fingerprint density at radius 2 is 2.11 bits per heavy atom. The number of hydrogen-bond donors (Lipinski definition) is 2. The van der Waals surface area contributed by atoms with Crippen molar-refractivity contribution < 1.29 is 18.0 Å². The van der Waals surface area contributed by atoms with Gasteiger partial charge in [0.2, 0.25) is 5.91 Å². The number of carbonyl (C=O) groups excluding carboxylic acids is 1. The number of carbonyl (C=O) groups is 1. The Kier molecular flexibility index (Phi) is 4.06. The fourth-order valence-electron chi connectivity index (χ4n) is 3.23. The second kappa shape index (κ2) is 5.28. The van der Waals surface area contributed by atoms with Crippen molar-refractivity contribution in [2.75, 3.05) is 13.1 Å². The van der Waals surface area contributed by atoms with E-state index in [0.717, 1.165) is 0 Å². The van der Waals surface area contributed by atoms with Crippen LogP contribution in [-0.2, 0) is 4.79 Å². The molecule has 2 fully saturated rings. The molecule has 2 aliphatic rings. The molecule has 0 spiro atoms. The van der Waals surface area contributed by atoms with Gasteiger partial charge in [0.05, 0.1) is 0 Å². The van der Waals surface area contributed by atoms with Crippen molar-refractivity contribution >= 4 is 5.91 Å². The number of piperidine rings is 2. The molecule has 3 N–H and O–H groups in total. The lowest BCUT2D eigenvalue weighted by Crippen LogP contribution is -2.62. The highest BCUT2D eigenvalue weighted by atomic mass is 19.4. The van der Waals surface area contributed by atoms with Gasteiger partial charge < -0.3 is 11.1 Å². The van der Waals surface area contributed by atoms with Crippen LogP contribution in [0.15, 0.2) is 0 Å². The van der Waals surface area contributed by atoms with E-state index < -0.39 is 18.3 Å². The minimum absolute atomic E-state index is 0.00858. The number of amides is 1. The standard InChI is InChI=1S/C12H20F3N3O/c1-7(16)11(12(13,14)15)18-5-4-9-8(6-18)2-3-10(19)17-9/h7-9,11H,2-6,16H2,1H3,(H,17,19). The van der Waals surface area contributed by atoms with Gasteiger partial charge >= 0.3 is 6.18 Å². The van der Waals surface area contributed by atoms with Crippen LogP contribution in [0, 0.1) is 5.92 Å². The van der Waals surface area contributed by atoms with E-state index in [9.17, 15) is 18.0 Å². The van der Waals surface area contributed by atoms with Gasteiger partial charge in [-0.25, -0.2) is 0 Å². The Hall–Kier alpha value is -0.820. The van der Waals surface area contributed by atoms with Gasteiger partial charge in [-0.05, 0) is 25.7 Å². The van der Waals surface area contributed by atoms with Crippen molar-refractivity contribution in [3.63, 3.8) is 0 Å². The molecular formula is C12H20F3N3O. The normalized spacial score (nSPS) is 32.4. The number of nitrogens with two attached hydrogens (primary N) is 1. The summed E-state index contributed by atoms with van der Waals surface area (Å²) in [6.45, 7) is 2.08. The van der Waals surface area contributed by atoms with Crippen molar-refractivity contribution in [2.45, 2.75) is 50.5 Å². The Labute approximate surface area is 110 Å². The van der Waals surface area contributed by atoms with Crippen molar-refractivity contribution in [1.82, 2.24) is 10.2 Å². The molecule has 0 aromatic rings. The first-order valence-corrected chi connectivity index (χ1v) is 6.64. The van der Waals surface area contributed by atoms with Gasteiger partial charge in [-0.1, -0.05) is 0 Å².